The van der Waals surface area contributed by atoms with Crippen LogP contribution in [0, 0.1) is 5.92 Å². The van der Waals surface area contributed by atoms with E-state index in [9.17, 15) is 4.79 Å². The van der Waals surface area contributed by atoms with E-state index >= 15 is 0 Å². The highest BCUT2D eigenvalue weighted by atomic mass is 16.5. The van der Waals surface area contributed by atoms with E-state index in [1.807, 2.05) is 0 Å². The third-order valence-corrected chi connectivity index (χ3v) is 13.2. The first-order valence-electron chi connectivity index (χ1n) is 29.3. The summed E-state index contributed by atoms with van der Waals surface area (Å²) in [5, 5.41) is 8.54. The van der Waals surface area contributed by atoms with Crippen LogP contribution in [-0.2, 0) is 14.3 Å². The van der Waals surface area contributed by atoms with Gasteiger partial charge in [-0.1, -0.05) is 311 Å². The zero-order chi connectivity index (χ0) is 46.6. The summed E-state index contributed by atoms with van der Waals surface area (Å²) in [5.74, 6) is 0.147. The van der Waals surface area contributed by atoms with Crippen LogP contribution in [0.1, 0.15) is 343 Å². The van der Waals surface area contributed by atoms with E-state index in [1.165, 1.54) is 289 Å². The molecule has 0 aliphatic heterocycles. The lowest BCUT2D eigenvalue weighted by Gasteiger charge is -2.14. The van der Waals surface area contributed by atoms with E-state index in [4.69, 9.17) is 14.6 Å². The standard InChI is InChI=1S/C20H40O2.C20H42O.C19H40O/c1-2-3-4-5-6-7-8-9-10-11-12-13-14-15-16-17-18-19-20(21)22;1-4-7-9-10-11-12-13-14-15-16-18-21-19-20(6-3)17-8-5-2;1-3-4-5-6-7-8-9-10-11-12-13-14-15-16-17-18-19-20-2/h2-19H2,1H3,(H,21,22);20H,4-19H2,1-3H3;3-19H2,1-2H3. The van der Waals surface area contributed by atoms with Gasteiger partial charge in [-0.2, -0.15) is 0 Å². The monoisotopic (exact) mass is 895 g/mol. The molecular weight excluding hydrogens is 773 g/mol. The fourth-order valence-corrected chi connectivity index (χ4v) is 8.64. The molecule has 0 rings (SSSR count). The van der Waals surface area contributed by atoms with Crippen LogP contribution in [0.2, 0.25) is 0 Å². The summed E-state index contributed by atoms with van der Waals surface area (Å²) in [6, 6.07) is 0. The normalized spacial score (nSPS) is 11.6. The van der Waals surface area contributed by atoms with Crippen LogP contribution < -0.4 is 0 Å². The largest absolute Gasteiger partial charge is 0.481 e. The molecule has 4 heteroatoms. The van der Waals surface area contributed by atoms with E-state index in [2.05, 4.69) is 34.6 Å². The number of ether oxygens (including phenoxy) is 2. The van der Waals surface area contributed by atoms with Gasteiger partial charge in [0, 0.05) is 33.4 Å². The van der Waals surface area contributed by atoms with Gasteiger partial charge in [0.15, 0.2) is 0 Å². The molecule has 0 radical (unpaired) electrons. The molecule has 1 N–H and O–H groups in total. The molecule has 0 aromatic heterocycles. The number of aliphatic carboxylic acids is 1. The maximum atomic E-state index is 10.4. The van der Waals surface area contributed by atoms with E-state index < -0.39 is 5.97 Å². The summed E-state index contributed by atoms with van der Waals surface area (Å²) in [5.41, 5.74) is 0. The summed E-state index contributed by atoms with van der Waals surface area (Å²) in [7, 11) is 1.80. The lowest BCUT2D eigenvalue weighted by Crippen LogP contribution is -2.09. The molecule has 0 aliphatic carbocycles. The highest BCUT2D eigenvalue weighted by Crippen LogP contribution is 2.17. The molecule has 0 heterocycles. The molecule has 0 saturated heterocycles. The first-order valence-corrected chi connectivity index (χ1v) is 29.3. The predicted molar refractivity (Wildman–Crippen MR) is 284 cm³/mol. The van der Waals surface area contributed by atoms with Crippen molar-refractivity contribution in [2.45, 2.75) is 343 Å². The van der Waals surface area contributed by atoms with Gasteiger partial charge < -0.3 is 14.6 Å². The summed E-state index contributed by atoms with van der Waals surface area (Å²) in [6.45, 7) is 14.3. The summed E-state index contributed by atoms with van der Waals surface area (Å²) < 4.78 is 10.9. The minimum absolute atomic E-state index is 0.346. The van der Waals surface area contributed by atoms with Gasteiger partial charge >= 0.3 is 5.97 Å². The van der Waals surface area contributed by atoms with E-state index in [1.54, 1.807) is 7.11 Å². The second-order valence-electron chi connectivity index (χ2n) is 19.8. The Morgan fingerprint density at radius 2 is 0.603 bits per heavy atom. The molecule has 0 bridgehead atoms. The molecule has 0 spiro atoms. The fourth-order valence-electron chi connectivity index (χ4n) is 8.64. The average Bonchev–Trinajstić information content (AvgIpc) is 3.29. The van der Waals surface area contributed by atoms with Gasteiger partial charge in [0.05, 0.1) is 0 Å². The number of carboxylic acids is 1. The van der Waals surface area contributed by atoms with Gasteiger partial charge in [-0.3, -0.25) is 4.79 Å². The molecule has 0 saturated carbocycles. The average molecular weight is 896 g/mol. The molecule has 1 atom stereocenters. The van der Waals surface area contributed by atoms with E-state index in [0.717, 1.165) is 38.6 Å². The highest BCUT2D eigenvalue weighted by molar-refractivity contribution is 5.66. The Morgan fingerprint density at radius 1 is 0.349 bits per heavy atom. The predicted octanol–water partition coefficient (Wildman–Crippen LogP) is 21.1. The van der Waals surface area contributed by atoms with E-state index in [-0.39, 0.29) is 0 Å². The summed E-state index contributed by atoms with van der Waals surface area (Å²) >= 11 is 0. The molecule has 0 aromatic carbocycles. The summed E-state index contributed by atoms with van der Waals surface area (Å²) in [6.07, 6.45) is 65.4. The Morgan fingerprint density at radius 3 is 0.857 bits per heavy atom. The zero-order valence-corrected chi connectivity index (χ0v) is 44.8. The van der Waals surface area contributed by atoms with Crippen LogP contribution >= 0.6 is 0 Å². The fraction of sp³-hybridized carbons (Fsp3) is 0.983. The quantitative estimate of drug-likeness (QED) is 0.0618. The second-order valence-corrected chi connectivity index (χ2v) is 19.8. The zero-order valence-electron chi connectivity index (χ0n) is 44.8. The number of hydrogen-bond donors (Lipinski definition) is 1. The minimum atomic E-state index is -0.652. The molecule has 1 unspecified atom stereocenters. The third kappa shape index (κ3) is 70.6. The Bertz CT molecular complexity index is 738. The maximum absolute atomic E-state index is 10.4. The van der Waals surface area contributed by atoms with Crippen LogP contribution in [0.4, 0.5) is 0 Å². The van der Waals surface area contributed by atoms with Crippen molar-refractivity contribution in [2.75, 3.05) is 26.9 Å². The Hall–Kier alpha value is -0.610. The molecule has 382 valence electrons. The topological polar surface area (TPSA) is 55.8 Å². The van der Waals surface area contributed by atoms with Crippen LogP contribution in [0.15, 0.2) is 0 Å². The van der Waals surface area contributed by atoms with Crippen LogP contribution in [-0.4, -0.2) is 38.0 Å². The lowest BCUT2D eigenvalue weighted by molar-refractivity contribution is -0.137. The maximum Gasteiger partial charge on any atom is 0.303 e. The number of hydrogen-bond acceptors (Lipinski definition) is 3. The molecule has 0 amide bonds. The number of carboxylic acid groups (broad SMARTS) is 1. The van der Waals surface area contributed by atoms with Crippen LogP contribution in [0.25, 0.3) is 0 Å². The molecule has 0 fully saturated rings. The molecule has 0 aromatic rings. The Balaban J connectivity index is -0.000000858. The second kappa shape index (κ2) is 65.7. The van der Waals surface area contributed by atoms with Crippen molar-refractivity contribution < 1.29 is 19.4 Å². The summed E-state index contributed by atoms with van der Waals surface area (Å²) in [4.78, 5) is 10.4. The number of carbonyl (C=O) groups is 1. The SMILES string of the molecule is CCCCCCCCCCCCCCCCCCCC(=O)O.CCCCCCCCCCCCCCCCCCOC.CCCCCCCCCCCCOCC(CC)CCCC. The molecular formula is C59H122O4. The van der Waals surface area contributed by atoms with Crippen molar-refractivity contribution in [1.82, 2.24) is 0 Å². The van der Waals surface area contributed by atoms with Gasteiger partial charge in [0.2, 0.25) is 0 Å². The Kier molecular flexibility index (Phi) is 69.5. The Labute approximate surface area is 399 Å². The molecule has 0 aliphatic rings. The number of methoxy groups -OCH3 is 1. The van der Waals surface area contributed by atoms with Gasteiger partial charge in [0.25, 0.3) is 0 Å². The van der Waals surface area contributed by atoms with Crippen molar-refractivity contribution in [1.29, 1.82) is 0 Å². The van der Waals surface area contributed by atoms with Crippen molar-refractivity contribution in [3.8, 4) is 0 Å². The number of unbranched alkanes of at least 4 members (excludes halogenated alkanes) is 41. The van der Waals surface area contributed by atoms with E-state index in [0.29, 0.717) is 6.42 Å². The smallest absolute Gasteiger partial charge is 0.303 e. The molecule has 4 nitrogen and oxygen atoms in total. The van der Waals surface area contributed by atoms with Gasteiger partial charge in [-0.25, -0.2) is 0 Å². The van der Waals surface area contributed by atoms with Gasteiger partial charge in [-0.15, -0.1) is 0 Å². The van der Waals surface area contributed by atoms with Crippen molar-refractivity contribution in [3.63, 3.8) is 0 Å². The van der Waals surface area contributed by atoms with Crippen molar-refractivity contribution in [2.24, 2.45) is 5.92 Å². The highest BCUT2D eigenvalue weighted by Gasteiger charge is 2.05. The van der Waals surface area contributed by atoms with Crippen molar-refractivity contribution in [3.05, 3.63) is 0 Å². The third-order valence-electron chi connectivity index (χ3n) is 13.2. The van der Waals surface area contributed by atoms with Crippen LogP contribution in [0.5, 0.6) is 0 Å². The van der Waals surface area contributed by atoms with Gasteiger partial charge in [-0.05, 0) is 31.6 Å². The lowest BCUT2D eigenvalue weighted by atomic mass is 10.0. The minimum Gasteiger partial charge on any atom is -0.481 e. The van der Waals surface area contributed by atoms with Crippen molar-refractivity contribution >= 4 is 5.97 Å². The van der Waals surface area contributed by atoms with Crippen LogP contribution in [0.3, 0.4) is 0 Å². The number of rotatable bonds is 52. The first kappa shape index (κ1) is 66.7. The first-order chi connectivity index (χ1) is 31.0. The molecule has 63 heavy (non-hydrogen) atoms. The van der Waals surface area contributed by atoms with Gasteiger partial charge in [0.1, 0.15) is 0 Å².